The first kappa shape index (κ1) is 10.7. The van der Waals surface area contributed by atoms with Crippen molar-refractivity contribution in [1.29, 1.82) is 0 Å². The highest BCUT2D eigenvalue weighted by atomic mass is 32.2. The molecule has 0 fully saturated rings. The van der Waals surface area contributed by atoms with Gasteiger partial charge in [-0.3, -0.25) is 0 Å². The molecule has 5 nitrogen and oxygen atoms in total. The van der Waals surface area contributed by atoms with Crippen molar-refractivity contribution in [3.05, 3.63) is 30.1 Å². The van der Waals surface area contributed by atoms with Gasteiger partial charge in [0.25, 0.3) is 11.7 Å². The van der Waals surface area contributed by atoms with Crippen molar-refractivity contribution in [3.8, 4) is 11.5 Å². The molecule has 2 rings (SSSR count). The van der Waals surface area contributed by atoms with E-state index in [-0.39, 0.29) is 11.7 Å². The summed E-state index contributed by atoms with van der Waals surface area (Å²) in [7, 11) is 0. The van der Waals surface area contributed by atoms with Gasteiger partial charge >= 0.3 is 5.97 Å². The summed E-state index contributed by atoms with van der Waals surface area (Å²) < 4.78 is 4.90. The molecule has 0 spiro atoms. The fourth-order valence-electron chi connectivity index (χ4n) is 1.24. The predicted octanol–water partition coefficient (Wildman–Crippen LogP) is 2.16. The summed E-state index contributed by atoms with van der Waals surface area (Å²) in [4.78, 5) is 15.4. The third-order valence-corrected chi connectivity index (χ3v) is 2.75. The number of aromatic carboxylic acids is 1. The predicted molar refractivity (Wildman–Crippen MR) is 58.5 cm³/mol. The van der Waals surface area contributed by atoms with E-state index in [9.17, 15) is 4.79 Å². The number of hydrogen-bond donors (Lipinski definition) is 1. The van der Waals surface area contributed by atoms with Gasteiger partial charge < -0.3 is 9.63 Å². The monoisotopic (exact) mass is 236 g/mol. The van der Waals surface area contributed by atoms with E-state index in [1.807, 2.05) is 30.5 Å². The summed E-state index contributed by atoms with van der Waals surface area (Å²) in [5.41, 5.74) is 0.745. The molecule has 0 aliphatic carbocycles. The van der Waals surface area contributed by atoms with Gasteiger partial charge in [0.1, 0.15) is 0 Å². The lowest BCUT2D eigenvalue weighted by molar-refractivity contribution is 0.0680. The second kappa shape index (κ2) is 4.36. The lowest BCUT2D eigenvalue weighted by atomic mass is 10.2. The number of benzene rings is 1. The van der Waals surface area contributed by atoms with Crippen LogP contribution >= 0.6 is 11.8 Å². The van der Waals surface area contributed by atoms with Crippen molar-refractivity contribution < 1.29 is 14.4 Å². The van der Waals surface area contributed by atoms with Crippen LogP contribution in [0.25, 0.3) is 11.5 Å². The second-order valence-electron chi connectivity index (χ2n) is 2.93. The number of carboxylic acid groups (broad SMARTS) is 1. The number of carbonyl (C=O) groups is 1. The highest BCUT2D eigenvalue weighted by Gasteiger charge is 2.15. The van der Waals surface area contributed by atoms with Gasteiger partial charge in [-0.25, -0.2) is 4.79 Å². The number of carboxylic acids is 1. The van der Waals surface area contributed by atoms with Crippen LogP contribution < -0.4 is 0 Å². The lowest BCUT2D eigenvalue weighted by Gasteiger charge is -2.00. The van der Waals surface area contributed by atoms with Gasteiger partial charge in [0.2, 0.25) is 0 Å². The van der Waals surface area contributed by atoms with E-state index in [0.29, 0.717) is 0 Å². The van der Waals surface area contributed by atoms with Crippen LogP contribution in [0.3, 0.4) is 0 Å². The molecular formula is C10H8N2O3S. The van der Waals surface area contributed by atoms with Crippen LogP contribution in [0.2, 0.25) is 0 Å². The van der Waals surface area contributed by atoms with E-state index in [2.05, 4.69) is 10.1 Å². The van der Waals surface area contributed by atoms with E-state index in [1.165, 1.54) is 11.8 Å². The van der Waals surface area contributed by atoms with Crippen LogP contribution in [-0.2, 0) is 0 Å². The number of nitrogens with zero attached hydrogens (tertiary/aromatic N) is 2. The lowest BCUT2D eigenvalue weighted by Crippen LogP contribution is -1.98. The molecule has 0 bridgehead atoms. The molecule has 1 aromatic heterocycles. The van der Waals surface area contributed by atoms with Crippen molar-refractivity contribution in [2.24, 2.45) is 0 Å². The highest BCUT2D eigenvalue weighted by Crippen LogP contribution is 2.28. The zero-order chi connectivity index (χ0) is 11.5. The molecule has 0 amide bonds. The van der Waals surface area contributed by atoms with Gasteiger partial charge in [0.05, 0.1) is 5.56 Å². The summed E-state index contributed by atoms with van der Waals surface area (Å²) in [5.74, 6) is -1.30. The van der Waals surface area contributed by atoms with Gasteiger partial charge in [-0.15, -0.1) is 11.8 Å². The molecule has 0 radical (unpaired) electrons. The molecule has 0 unspecified atom stereocenters. The summed E-state index contributed by atoms with van der Waals surface area (Å²) in [5, 5.41) is 12.1. The first-order valence-electron chi connectivity index (χ1n) is 4.42. The zero-order valence-corrected chi connectivity index (χ0v) is 9.19. The largest absolute Gasteiger partial charge is 0.475 e. The van der Waals surface area contributed by atoms with Crippen LogP contribution in [-0.4, -0.2) is 27.5 Å². The Morgan fingerprint density at radius 3 is 2.81 bits per heavy atom. The molecule has 1 aromatic carbocycles. The quantitative estimate of drug-likeness (QED) is 0.823. The minimum Gasteiger partial charge on any atom is -0.475 e. The van der Waals surface area contributed by atoms with Crippen LogP contribution in [0.5, 0.6) is 0 Å². The maximum absolute atomic E-state index is 10.6. The van der Waals surface area contributed by atoms with Gasteiger partial charge in [-0.05, 0) is 23.5 Å². The molecule has 0 aliphatic heterocycles. The molecular weight excluding hydrogens is 228 g/mol. The third kappa shape index (κ3) is 1.92. The van der Waals surface area contributed by atoms with E-state index < -0.39 is 5.97 Å². The molecule has 0 saturated heterocycles. The summed E-state index contributed by atoms with van der Waals surface area (Å²) in [6.07, 6.45) is 1.92. The SMILES string of the molecule is CSc1ccccc1-c1nc(C(=O)O)no1. The third-order valence-electron chi connectivity index (χ3n) is 1.95. The minimum absolute atomic E-state index is 0.224. The smallest absolute Gasteiger partial charge is 0.377 e. The summed E-state index contributed by atoms with van der Waals surface area (Å²) >= 11 is 1.53. The van der Waals surface area contributed by atoms with Gasteiger partial charge in [-0.1, -0.05) is 12.1 Å². The fraction of sp³-hybridized carbons (Fsp3) is 0.100. The number of thioether (sulfide) groups is 1. The standard InChI is InChI=1S/C10H8N2O3S/c1-16-7-5-3-2-4-6(7)9-11-8(10(13)14)12-15-9/h2-5H,1H3,(H,13,14). The Morgan fingerprint density at radius 2 is 2.19 bits per heavy atom. The summed E-state index contributed by atoms with van der Waals surface area (Å²) in [6.45, 7) is 0. The number of aromatic nitrogens is 2. The average Bonchev–Trinajstić information content (AvgIpc) is 2.78. The van der Waals surface area contributed by atoms with Crippen LogP contribution in [0, 0.1) is 0 Å². The zero-order valence-electron chi connectivity index (χ0n) is 8.38. The normalized spacial score (nSPS) is 10.3. The average molecular weight is 236 g/mol. The van der Waals surface area contributed by atoms with Crippen molar-refractivity contribution in [1.82, 2.24) is 10.1 Å². The van der Waals surface area contributed by atoms with E-state index >= 15 is 0 Å². The molecule has 1 heterocycles. The van der Waals surface area contributed by atoms with Crippen molar-refractivity contribution in [3.63, 3.8) is 0 Å². The van der Waals surface area contributed by atoms with Gasteiger partial charge in [0, 0.05) is 4.90 Å². The van der Waals surface area contributed by atoms with Crippen molar-refractivity contribution in [2.45, 2.75) is 4.90 Å². The van der Waals surface area contributed by atoms with Crippen molar-refractivity contribution in [2.75, 3.05) is 6.26 Å². The Balaban J connectivity index is 2.46. The molecule has 16 heavy (non-hydrogen) atoms. The molecule has 2 aromatic rings. The first-order valence-corrected chi connectivity index (χ1v) is 5.65. The number of hydrogen-bond acceptors (Lipinski definition) is 5. The van der Waals surface area contributed by atoms with E-state index in [1.54, 1.807) is 0 Å². The Kier molecular flexibility index (Phi) is 2.91. The first-order chi connectivity index (χ1) is 7.72. The van der Waals surface area contributed by atoms with Crippen molar-refractivity contribution >= 4 is 17.7 Å². The molecule has 0 atom stereocenters. The van der Waals surface area contributed by atoms with E-state index in [4.69, 9.17) is 9.63 Å². The highest BCUT2D eigenvalue weighted by molar-refractivity contribution is 7.98. The van der Waals surface area contributed by atoms with Gasteiger partial charge in [0.15, 0.2) is 0 Å². The molecule has 82 valence electrons. The Bertz CT molecular complexity index is 524. The fourth-order valence-corrected chi connectivity index (χ4v) is 1.83. The Morgan fingerprint density at radius 1 is 1.44 bits per heavy atom. The molecule has 1 N–H and O–H groups in total. The summed E-state index contributed by atoms with van der Waals surface area (Å²) in [6, 6.07) is 7.44. The van der Waals surface area contributed by atoms with E-state index in [0.717, 1.165) is 10.5 Å². The minimum atomic E-state index is -1.20. The maximum atomic E-state index is 10.6. The Hall–Kier alpha value is -1.82. The maximum Gasteiger partial charge on any atom is 0.377 e. The van der Waals surface area contributed by atoms with Gasteiger partial charge in [-0.2, -0.15) is 4.98 Å². The second-order valence-corrected chi connectivity index (χ2v) is 3.78. The molecule has 0 aliphatic rings. The topological polar surface area (TPSA) is 76.2 Å². The molecule has 6 heteroatoms. The van der Waals surface area contributed by atoms with Crippen LogP contribution in [0.1, 0.15) is 10.6 Å². The van der Waals surface area contributed by atoms with Crippen LogP contribution in [0.4, 0.5) is 0 Å². The number of rotatable bonds is 3. The van der Waals surface area contributed by atoms with Crippen LogP contribution in [0.15, 0.2) is 33.7 Å². The Labute approximate surface area is 95.5 Å². The molecule has 0 saturated carbocycles.